The molecule has 1 amide bonds. The van der Waals surface area contributed by atoms with E-state index in [9.17, 15) is 18.0 Å². The quantitative estimate of drug-likeness (QED) is 0.670. The molecular weight excluding hydrogens is 409 g/mol. The van der Waals surface area contributed by atoms with E-state index in [4.69, 9.17) is 19.4 Å². The van der Waals surface area contributed by atoms with Crippen LogP contribution in [-0.2, 0) is 25.6 Å². The molecule has 2 N–H and O–H groups in total. The number of carbonyl (C=O) groups excluding carboxylic acids is 1. The number of aliphatic carboxylic acids is 1. The molecule has 2 aliphatic rings. The van der Waals surface area contributed by atoms with Crippen molar-refractivity contribution in [1.29, 1.82) is 0 Å². The number of nitrogens with zero attached hydrogens (tertiary/aromatic N) is 3. The minimum atomic E-state index is -5.08. The van der Waals surface area contributed by atoms with Gasteiger partial charge in [0.2, 0.25) is 5.91 Å². The van der Waals surface area contributed by atoms with Gasteiger partial charge in [-0.3, -0.25) is 19.7 Å². The van der Waals surface area contributed by atoms with Crippen LogP contribution in [0, 0.1) is 18.8 Å². The molecule has 2 saturated heterocycles. The van der Waals surface area contributed by atoms with E-state index < -0.39 is 12.1 Å². The molecule has 9 nitrogen and oxygen atoms in total. The van der Waals surface area contributed by atoms with E-state index >= 15 is 0 Å². The molecule has 3 atom stereocenters. The largest absolute Gasteiger partial charge is 0.490 e. The lowest BCUT2D eigenvalue weighted by Crippen LogP contribution is -2.36. The number of nitrogens with one attached hydrogen (secondary N) is 1. The second kappa shape index (κ2) is 10.6. The molecule has 2 aliphatic heterocycles. The summed E-state index contributed by atoms with van der Waals surface area (Å²) in [7, 11) is 1.71. The van der Waals surface area contributed by atoms with E-state index in [0.29, 0.717) is 19.8 Å². The molecular formula is C18H25F3N4O5. The zero-order valence-corrected chi connectivity index (χ0v) is 16.7. The van der Waals surface area contributed by atoms with Gasteiger partial charge in [-0.25, -0.2) is 4.79 Å². The van der Waals surface area contributed by atoms with Crippen molar-refractivity contribution in [3.63, 3.8) is 0 Å². The number of aromatic nitrogens is 2. The number of likely N-dealkylation sites (tertiary alicyclic amines) is 1. The lowest BCUT2D eigenvalue weighted by Gasteiger charge is -2.18. The Kier molecular flexibility index (Phi) is 8.50. The number of fused-ring (bicyclic) bond motifs is 1. The lowest BCUT2D eigenvalue weighted by atomic mass is 9.92. The topological polar surface area (TPSA) is 114 Å². The van der Waals surface area contributed by atoms with Gasteiger partial charge in [-0.2, -0.15) is 13.2 Å². The fourth-order valence-corrected chi connectivity index (χ4v) is 3.29. The van der Waals surface area contributed by atoms with Gasteiger partial charge in [0, 0.05) is 38.9 Å². The molecule has 2 fully saturated rings. The van der Waals surface area contributed by atoms with E-state index in [2.05, 4.69) is 20.2 Å². The first-order chi connectivity index (χ1) is 14.1. The van der Waals surface area contributed by atoms with Crippen molar-refractivity contribution in [2.75, 3.05) is 40.0 Å². The second-order valence-corrected chi connectivity index (χ2v) is 7.06. The SMILES string of the molecule is COCCN1C[C@@H]2[C@@H](C(=O)NCc3cnc(C)cn3)CO[C@@H]2C1.O=C(O)C(F)(F)F. The summed E-state index contributed by atoms with van der Waals surface area (Å²) in [6.07, 6.45) is -1.51. The zero-order valence-electron chi connectivity index (χ0n) is 16.7. The molecule has 3 rings (SSSR count). The number of halogens is 3. The van der Waals surface area contributed by atoms with Gasteiger partial charge < -0.3 is 19.9 Å². The molecule has 0 saturated carbocycles. The lowest BCUT2D eigenvalue weighted by molar-refractivity contribution is -0.192. The van der Waals surface area contributed by atoms with Crippen LogP contribution in [0.5, 0.6) is 0 Å². The number of aryl methyl sites for hydroxylation is 1. The van der Waals surface area contributed by atoms with Gasteiger partial charge in [-0.1, -0.05) is 0 Å². The third-order valence-corrected chi connectivity index (χ3v) is 4.86. The monoisotopic (exact) mass is 434 g/mol. The summed E-state index contributed by atoms with van der Waals surface area (Å²) >= 11 is 0. The fourth-order valence-electron chi connectivity index (χ4n) is 3.29. The maximum absolute atomic E-state index is 12.5. The van der Waals surface area contributed by atoms with Crippen molar-refractivity contribution in [3.05, 3.63) is 23.8 Å². The van der Waals surface area contributed by atoms with Crippen LogP contribution in [0.4, 0.5) is 13.2 Å². The first-order valence-corrected chi connectivity index (χ1v) is 9.30. The standard InChI is InChI=1S/C16H24N4O3.C2HF3O2/c1-11-5-18-12(6-17-11)7-19-16(21)14-10-23-15-9-20(3-4-22-2)8-13(14)15;3-2(4,5)1(6)7/h5-6,13-15H,3-4,7-10H2,1-2H3,(H,19,21);(H,6,7)/t13-,14+,15-;/m1./s1. The third-order valence-electron chi connectivity index (χ3n) is 4.86. The summed E-state index contributed by atoms with van der Waals surface area (Å²) in [5.74, 6) is -2.51. The van der Waals surface area contributed by atoms with E-state index in [1.54, 1.807) is 19.5 Å². The maximum Gasteiger partial charge on any atom is 0.490 e. The minimum Gasteiger partial charge on any atom is -0.475 e. The molecule has 1 aromatic rings. The Hall–Kier alpha value is -2.31. The van der Waals surface area contributed by atoms with Crippen LogP contribution in [0.3, 0.4) is 0 Å². The van der Waals surface area contributed by atoms with Crippen LogP contribution in [0.1, 0.15) is 11.4 Å². The number of carboxylic acids is 1. The number of hydrogen-bond acceptors (Lipinski definition) is 7. The summed E-state index contributed by atoms with van der Waals surface area (Å²) in [4.78, 5) is 32.1. The van der Waals surface area contributed by atoms with Crippen molar-refractivity contribution in [1.82, 2.24) is 20.2 Å². The molecule has 0 radical (unpaired) electrons. The molecule has 30 heavy (non-hydrogen) atoms. The highest BCUT2D eigenvalue weighted by molar-refractivity contribution is 5.79. The molecule has 0 unspecified atom stereocenters. The first kappa shape index (κ1) is 24.0. The molecule has 12 heteroatoms. The Balaban J connectivity index is 0.000000396. The molecule has 0 bridgehead atoms. The van der Waals surface area contributed by atoms with Crippen molar-refractivity contribution in [2.45, 2.75) is 25.7 Å². The van der Waals surface area contributed by atoms with Crippen LogP contribution < -0.4 is 5.32 Å². The Morgan fingerprint density at radius 1 is 1.33 bits per heavy atom. The zero-order chi connectivity index (χ0) is 22.3. The summed E-state index contributed by atoms with van der Waals surface area (Å²) in [6.45, 7) is 6.20. The highest BCUT2D eigenvalue weighted by atomic mass is 19.4. The Morgan fingerprint density at radius 2 is 2.03 bits per heavy atom. The first-order valence-electron chi connectivity index (χ1n) is 9.30. The fraction of sp³-hybridized carbons (Fsp3) is 0.667. The third kappa shape index (κ3) is 6.89. The second-order valence-electron chi connectivity index (χ2n) is 7.06. The number of methoxy groups -OCH3 is 1. The number of carboxylic acid groups (broad SMARTS) is 1. The van der Waals surface area contributed by atoms with Gasteiger partial charge in [-0.15, -0.1) is 0 Å². The maximum atomic E-state index is 12.5. The molecule has 0 spiro atoms. The highest BCUT2D eigenvalue weighted by Crippen LogP contribution is 2.33. The average molecular weight is 434 g/mol. The van der Waals surface area contributed by atoms with Crippen molar-refractivity contribution in [3.8, 4) is 0 Å². The molecule has 0 aliphatic carbocycles. The molecule has 168 valence electrons. The van der Waals surface area contributed by atoms with Crippen LogP contribution in [0.2, 0.25) is 0 Å². The van der Waals surface area contributed by atoms with Crippen molar-refractivity contribution in [2.24, 2.45) is 11.8 Å². The van der Waals surface area contributed by atoms with Gasteiger partial charge in [0.15, 0.2) is 0 Å². The van der Waals surface area contributed by atoms with E-state index in [1.807, 2.05) is 6.92 Å². The van der Waals surface area contributed by atoms with Crippen LogP contribution in [-0.4, -0.2) is 84.1 Å². The number of ether oxygens (including phenoxy) is 2. The van der Waals surface area contributed by atoms with Gasteiger partial charge in [-0.05, 0) is 6.92 Å². The van der Waals surface area contributed by atoms with E-state index in [0.717, 1.165) is 31.0 Å². The van der Waals surface area contributed by atoms with Crippen molar-refractivity contribution < 1.29 is 37.3 Å². The molecule has 1 aromatic heterocycles. The van der Waals surface area contributed by atoms with Crippen molar-refractivity contribution >= 4 is 11.9 Å². The smallest absolute Gasteiger partial charge is 0.475 e. The summed E-state index contributed by atoms with van der Waals surface area (Å²) in [5, 5.41) is 10.1. The van der Waals surface area contributed by atoms with Crippen LogP contribution >= 0.6 is 0 Å². The Labute approximate surface area is 171 Å². The molecule has 3 heterocycles. The summed E-state index contributed by atoms with van der Waals surface area (Å²) in [5.41, 5.74) is 1.64. The van der Waals surface area contributed by atoms with Gasteiger partial charge >= 0.3 is 12.1 Å². The predicted octanol–water partition coefficient (Wildman–Crippen LogP) is 0.628. The average Bonchev–Trinajstić information content (AvgIpc) is 3.25. The van der Waals surface area contributed by atoms with Crippen LogP contribution in [0.25, 0.3) is 0 Å². The van der Waals surface area contributed by atoms with Gasteiger partial charge in [0.25, 0.3) is 0 Å². The predicted molar refractivity (Wildman–Crippen MR) is 97.3 cm³/mol. The normalized spacial score (nSPS) is 23.4. The Morgan fingerprint density at radius 3 is 2.60 bits per heavy atom. The van der Waals surface area contributed by atoms with Gasteiger partial charge in [0.1, 0.15) is 0 Å². The van der Waals surface area contributed by atoms with Gasteiger partial charge in [0.05, 0.1) is 49.4 Å². The Bertz CT molecular complexity index is 717. The number of hydrogen-bond donors (Lipinski definition) is 2. The molecule has 0 aromatic carbocycles. The summed E-state index contributed by atoms with van der Waals surface area (Å²) < 4.78 is 42.7. The number of rotatable bonds is 6. The van der Waals surface area contributed by atoms with E-state index in [-0.39, 0.29) is 23.8 Å². The number of amides is 1. The highest BCUT2D eigenvalue weighted by Gasteiger charge is 2.46. The van der Waals surface area contributed by atoms with Crippen LogP contribution in [0.15, 0.2) is 12.4 Å². The number of carbonyl (C=O) groups is 2. The minimum absolute atomic E-state index is 0.0495. The number of alkyl halides is 3. The van der Waals surface area contributed by atoms with E-state index in [1.165, 1.54) is 0 Å². The summed E-state index contributed by atoms with van der Waals surface area (Å²) in [6, 6.07) is 0.